The molecule has 0 radical (unpaired) electrons. The number of nitrogens with one attached hydrogen (secondary N) is 1. The van der Waals surface area contributed by atoms with Crippen LogP contribution in [0.2, 0.25) is 5.02 Å². The Bertz CT molecular complexity index is 710. The van der Waals surface area contributed by atoms with Crippen molar-refractivity contribution in [2.75, 3.05) is 0 Å². The number of amidine groups is 1. The van der Waals surface area contributed by atoms with Crippen molar-refractivity contribution in [2.45, 2.75) is 18.6 Å². The number of carbonyl (C=O) groups excluding carboxylic acids is 1. The van der Waals surface area contributed by atoms with Crippen LogP contribution in [0.4, 0.5) is 5.69 Å². The highest BCUT2D eigenvalue weighted by molar-refractivity contribution is 8.15. The number of aryl methyl sites for hydroxylation is 1. The molecule has 1 heterocycles. The van der Waals surface area contributed by atoms with Crippen molar-refractivity contribution >= 4 is 40.1 Å². The maximum Gasteiger partial charge on any atom is 0.239 e. The van der Waals surface area contributed by atoms with Crippen molar-refractivity contribution in [3.8, 4) is 0 Å². The first-order chi connectivity index (χ1) is 10.6. The molecule has 5 heteroatoms. The van der Waals surface area contributed by atoms with Crippen LogP contribution in [0.3, 0.4) is 0 Å². The Labute approximate surface area is 138 Å². The summed E-state index contributed by atoms with van der Waals surface area (Å²) >= 11 is 7.33. The molecule has 1 amide bonds. The van der Waals surface area contributed by atoms with E-state index < -0.39 is 0 Å². The Kier molecular flexibility index (Phi) is 4.50. The molecule has 1 aliphatic rings. The van der Waals surface area contributed by atoms with Crippen LogP contribution in [-0.4, -0.2) is 16.3 Å². The molecular weight excluding hydrogens is 316 g/mol. The van der Waals surface area contributed by atoms with Crippen LogP contribution in [0.15, 0.2) is 53.5 Å². The van der Waals surface area contributed by atoms with Crippen molar-refractivity contribution in [2.24, 2.45) is 4.99 Å². The molecule has 0 aromatic heterocycles. The normalized spacial score (nSPS) is 19.5. The van der Waals surface area contributed by atoms with E-state index in [0.717, 1.165) is 11.3 Å². The lowest BCUT2D eigenvalue weighted by Crippen LogP contribution is -2.25. The minimum Gasteiger partial charge on any atom is -0.304 e. The Balaban J connectivity index is 1.70. The fraction of sp³-hybridized carbons (Fsp3) is 0.176. The van der Waals surface area contributed by atoms with Crippen molar-refractivity contribution in [3.63, 3.8) is 0 Å². The van der Waals surface area contributed by atoms with E-state index in [1.165, 1.54) is 17.3 Å². The van der Waals surface area contributed by atoms with Crippen molar-refractivity contribution in [1.82, 2.24) is 5.32 Å². The molecule has 0 spiro atoms. The van der Waals surface area contributed by atoms with Gasteiger partial charge in [-0.1, -0.05) is 53.2 Å². The van der Waals surface area contributed by atoms with Crippen LogP contribution in [-0.2, 0) is 11.2 Å². The minimum absolute atomic E-state index is 0.0123. The number of amides is 1. The molecule has 1 atom stereocenters. The molecule has 1 saturated heterocycles. The van der Waals surface area contributed by atoms with Crippen LogP contribution in [0, 0.1) is 6.92 Å². The first kappa shape index (κ1) is 15.1. The topological polar surface area (TPSA) is 41.5 Å². The molecule has 1 fully saturated rings. The average Bonchev–Trinajstić information content (AvgIpc) is 2.84. The number of halogens is 1. The zero-order chi connectivity index (χ0) is 15.5. The number of thioether (sulfide) groups is 1. The molecule has 1 N–H and O–H groups in total. The third-order valence-electron chi connectivity index (χ3n) is 3.38. The zero-order valence-electron chi connectivity index (χ0n) is 12.0. The Morgan fingerprint density at radius 1 is 1.14 bits per heavy atom. The predicted molar refractivity (Wildman–Crippen MR) is 93.0 cm³/mol. The van der Waals surface area contributed by atoms with Crippen LogP contribution in [0.1, 0.15) is 11.1 Å². The molecule has 0 bridgehead atoms. The number of benzene rings is 2. The maximum atomic E-state index is 12.1. The van der Waals surface area contributed by atoms with E-state index in [4.69, 9.17) is 11.6 Å². The highest BCUT2D eigenvalue weighted by Gasteiger charge is 2.30. The quantitative estimate of drug-likeness (QED) is 0.920. The monoisotopic (exact) mass is 330 g/mol. The second-order valence-corrected chi connectivity index (χ2v) is 6.81. The van der Waals surface area contributed by atoms with Gasteiger partial charge < -0.3 is 5.32 Å². The summed E-state index contributed by atoms with van der Waals surface area (Å²) in [6, 6.07) is 15.5. The largest absolute Gasteiger partial charge is 0.304 e. The Morgan fingerprint density at radius 2 is 1.82 bits per heavy atom. The van der Waals surface area contributed by atoms with Gasteiger partial charge in [-0.3, -0.25) is 4.79 Å². The van der Waals surface area contributed by atoms with Gasteiger partial charge in [0, 0.05) is 5.02 Å². The highest BCUT2D eigenvalue weighted by Crippen LogP contribution is 2.26. The molecule has 0 saturated carbocycles. The molecule has 2 aromatic rings. The minimum atomic E-state index is -0.131. The van der Waals surface area contributed by atoms with Gasteiger partial charge in [-0.05, 0) is 43.2 Å². The number of hydrogen-bond acceptors (Lipinski definition) is 3. The Hall–Kier alpha value is -1.78. The molecule has 1 aliphatic heterocycles. The van der Waals surface area contributed by atoms with Crippen LogP contribution >= 0.6 is 23.4 Å². The molecular formula is C17H15ClN2OS. The summed E-state index contributed by atoms with van der Waals surface area (Å²) in [5, 5.41) is 4.02. The summed E-state index contributed by atoms with van der Waals surface area (Å²) < 4.78 is 0. The van der Waals surface area contributed by atoms with Gasteiger partial charge in [0.25, 0.3) is 0 Å². The summed E-state index contributed by atoms with van der Waals surface area (Å²) in [7, 11) is 0. The van der Waals surface area contributed by atoms with E-state index in [1.807, 2.05) is 12.1 Å². The third-order valence-corrected chi connectivity index (χ3v) is 4.71. The molecule has 112 valence electrons. The smallest absolute Gasteiger partial charge is 0.239 e. The lowest BCUT2D eigenvalue weighted by molar-refractivity contribution is -0.118. The van der Waals surface area contributed by atoms with Gasteiger partial charge in [0.1, 0.15) is 0 Å². The van der Waals surface area contributed by atoms with Crippen molar-refractivity contribution in [1.29, 1.82) is 0 Å². The predicted octanol–water partition coefficient (Wildman–Crippen LogP) is 4.11. The van der Waals surface area contributed by atoms with E-state index in [1.54, 1.807) is 12.1 Å². The molecule has 2 aromatic carbocycles. The fourth-order valence-corrected chi connectivity index (χ4v) is 3.32. The van der Waals surface area contributed by atoms with E-state index in [9.17, 15) is 4.79 Å². The second kappa shape index (κ2) is 6.55. The number of hydrogen-bond donors (Lipinski definition) is 1. The second-order valence-electron chi connectivity index (χ2n) is 5.18. The lowest BCUT2D eigenvalue weighted by atomic mass is 10.1. The van der Waals surface area contributed by atoms with Crippen LogP contribution < -0.4 is 5.32 Å². The van der Waals surface area contributed by atoms with E-state index in [0.29, 0.717) is 16.6 Å². The summed E-state index contributed by atoms with van der Waals surface area (Å²) in [5.74, 6) is 0.0123. The molecule has 0 unspecified atom stereocenters. The van der Waals surface area contributed by atoms with Gasteiger partial charge in [0.05, 0.1) is 10.9 Å². The SMILES string of the molecule is Cc1ccc(C[C@@H]2SC(=Nc3ccc(Cl)cc3)NC2=O)cc1. The zero-order valence-corrected chi connectivity index (χ0v) is 13.6. The number of aliphatic imine (C=N–C) groups is 1. The first-order valence-electron chi connectivity index (χ1n) is 6.97. The van der Waals surface area contributed by atoms with Gasteiger partial charge >= 0.3 is 0 Å². The first-order valence-corrected chi connectivity index (χ1v) is 8.23. The van der Waals surface area contributed by atoms with Gasteiger partial charge in [0.2, 0.25) is 5.91 Å². The maximum absolute atomic E-state index is 12.1. The molecule has 0 aliphatic carbocycles. The highest BCUT2D eigenvalue weighted by atomic mass is 35.5. The van der Waals surface area contributed by atoms with E-state index in [2.05, 4.69) is 41.5 Å². The van der Waals surface area contributed by atoms with Gasteiger partial charge in [-0.15, -0.1) is 0 Å². The molecule has 3 nitrogen and oxygen atoms in total. The van der Waals surface area contributed by atoms with Gasteiger partial charge in [-0.25, -0.2) is 4.99 Å². The van der Waals surface area contributed by atoms with E-state index in [-0.39, 0.29) is 11.2 Å². The lowest BCUT2D eigenvalue weighted by Gasteiger charge is -2.05. The summed E-state index contributed by atoms with van der Waals surface area (Å²) in [4.78, 5) is 16.5. The Morgan fingerprint density at radius 3 is 2.50 bits per heavy atom. The molecule has 22 heavy (non-hydrogen) atoms. The average molecular weight is 331 g/mol. The van der Waals surface area contributed by atoms with Crippen LogP contribution in [0.25, 0.3) is 0 Å². The summed E-state index contributed by atoms with van der Waals surface area (Å²) in [5.41, 5.74) is 3.16. The van der Waals surface area contributed by atoms with Gasteiger partial charge in [0.15, 0.2) is 5.17 Å². The van der Waals surface area contributed by atoms with Crippen LogP contribution in [0.5, 0.6) is 0 Å². The fourth-order valence-electron chi connectivity index (χ4n) is 2.16. The van der Waals surface area contributed by atoms with E-state index >= 15 is 0 Å². The van der Waals surface area contributed by atoms with Crippen molar-refractivity contribution < 1.29 is 4.79 Å². The number of carbonyl (C=O) groups is 1. The summed E-state index contributed by atoms with van der Waals surface area (Å²) in [6.45, 7) is 2.05. The number of nitrogens with zero attached hydrogens (tertiary/aromatic N) is 1. The standard InChI is InChI=1S/C17H15ClN2OS/c1-11-2-4-12(5-3-11)10-15-16(21)20-17(22-15)19-14-8-6-13(18)7-9-14/h2-9,15H,10H2,1H3,(H,19,20,21)/t15-/m0/s1. The summed E-state index contributed by atoms with van der Waals surface area (Å²) in [6.07, 6.45) is 0.705. The van der Waals surface area contributed by atoms with Gasteiger partial charge in [-0.2, -0.15) is 0 Å². The van der Waals surface area contributed by atoms with Crippen molar-refractivity contribution in [3.05, 3.63) is 64.7 Å². The third kappa shape index (κ3) is 3.70. The number of rotatable bonds is 3. The molecule has 3 rings (SSSR count).